The molecule has 2 rings (SSSR count). The molecular weight excluding hydrogens is 509 g/mol. The fourth-order valence-electron chi connectivity index (χ4n) is 3.24. The first-order chi connectivity index (χ1) is 15.4. The van der Waals surface area contributed by atoms with Gasteiger partial charge in [0.25, 0.3) is 0 Å². The Morgan fingerprint density at radius 3 is 2.21 bits per heavy atom. The van der Waals surface area contributed by atoms with Gasteiger partial charge in [-0.05, 0) is 49.2 Å². The lowest BCUT2D eigenvalue weighted by atomic mass is 10.1. The lowest BCUT2D eigenvalue weighted by Gasteiger charge is -2.29. The average molecular weight is 535 g/mol. The number of benzene rings is 2. The third-order valence-corrected chi connectivity index (χ3v) is 7.00. The molecule has 1 atom stereocenters. The molecular formula is C22H26Cl3N3O4S. The van der Waals surface area contributed by atoms with Crippen molar-refractivity contribution >= 4 is 62.3 Å². The predicted molar refractivity (Wildman–Crippen MR) is 133 cm³/mol. The van der Waals surface area contributed by atoms with Gasteiger partial charge in [-0.25, -0.2) is 8.42 Å². The minimum Gasteiger partial charge on any atom is -0.357 e. The van der Waals surface area contributed by atoms with Gasteiger partial charge < -0.3 is 10.2 Å². The molecule has 11 heteroatoms. The standard InChI is InChI=1S/C22H26Cl3N3O4S/c1-15(22(30)26-2)27(14-16-6-8-17(23)9-7-16)21(29)5-4-12-28(33(3,31)32)20-13-18(24)10-11-19(20)25/h6-11,13,15H,4-5,12,14H2,1-3H3,(H,26,30)/t15-/m1/s1. The Balaban J connectivity index is 2.17. The first kappa shape index (κ1) is 27.2. The van der Waals surface area contributed by atoms with Crippen LogP contribution >= 0.6 is 34.8 Å². The van der Waals surface area contributed by atoms with Crippen molar-refractivity contribution in [1.29, 1.82) is 0 Å². The van der Waals surface area contributed by atoms with Gasteiger partial charge in [0.05, 0.1) is 17.0 Å². The zero-order chi connectivity index (χ0) is 24.8. The van der Waals surface area contributed by atoms with E-state index in [0.29, 0.717) is 10.0 Å². The molecule has 1 N–H and O–H groups in total. The van der Waals surface area contributed by atoms with Gasteiger partial charge >= 0.3 is 0 Å². The molecule has 2 aromatic rings. The van der Waals surface area contributed by atoms with E-state index in [9.17, 15) is 18.0 Å². The van der Waals surface area contributed by atoms with E-state index in [-0.39, 0.29) is 48.5 Å². The number of halogens is 3. The number of carbonyl (C=O) groups is 2. The van der Waals surface area contributed by atoms with Gasteiger partial charge in [-0.15, -0.1) is 0 Å². The largest absolute Gasteiger partial charge is 0.357 e. The van der Waals surface area contributed by atoms with Crippen LogP contribution in [0, 0.1) is 0 Å². The van der Waals surface area contributed by atoms with E-state index < -0.39 is 16.1 Å². The molecule has 0 unspecified atom stereocenters. The highest BCUT2D eigenvalue weighted by atomic mass is 35.5. The number of sulfonamides is 1. The third-order valence-electron chi connectivity index (χ3n) is 5.01. The summed E-state index contributed by atoms with van der Waals surface area (Å²) in [6, 6.07) is 10.8. The monoisotopic (exact) mass is 533 g/mol. The molecule has 2 amide bonds. The summed E-state index contributed by atoms with van der Waals surface area (Å²) < 4.78 is 25.9. The predicted octanol–water partition coefficient (Wildman–Crippen LogP) is 4.36. The van der Waals surface area contributed by atoms with Crippen molar-refractivity contribution in [2.75, 3.05) is 24.2 Å². The Morgan fingerprint density at radius 1 is 1.03 bits per heavy atom. The van der Waals surface area contributed by atoms with Crippen LogP contribution < -0.4 is 9.62 Å². The number of rotatable bonds is 10. The maximum absolute atomic E-state index is 13.1. The van der Waals surface area contributed by atoms with E-state index in [2.05, 4.69) is 5.32 Å². The molecule has 0 radical (unpaired) electrons. The molecule has 0 saturated heterocycles. The normalized spacial score (nSPS) is 12.2. The number of nitrogens with zero attached hydrogens (tertiary/aromatic N) is 2. The molecule has 0 aliphatic carbocycles. The summed E-state index contributed by atoms with van der Waals surface area (Å²) in [5.41, 5.74) is 1.06. The molecule has 0 heterocycles. The first-order valence-corrected chi connectivity index (χ1v) is 13.1. The Labute approximate surface area is 209 Å². The van der Waals surface area contributed by atoms with Crippen molar-refractivity contribution in [2.45, 2.75) is 32.4 Å². The zero-order valence-electron chi connectivity index (χ0n) is 18.5. The lowest BCUT2D eigenvalue weighted by Crippen LogP contribution is -2.46. The highest BCUT2D eigenvalue weighted by Gasteiger charge is 2.26. The van der Waals surface area contributed by atoms with Gasteiger partial charge in [-0.1, -0.05) is 46.9 Å². The maximum Gasteiger partial charge on any atom is 0.242 e. The van der Waals surface area contributed by atoms with Gasteiger partial charge in [-0.2, -0.15) is 0 Å². The fourth-order valence-corrected chi connectivity index (χ4v) is 4.77. The topological polar surface area (TPSA) is 86.8 Å². The number of carbonyl (C=O) groups excluding carboxylic acids is 2. The van der Waals surface area contributed by atoms with E-state index in [4.69, 9.17) is 34.8 Å². The van der Waals surface area contributed by atoms with Crippen molar-refractivity contribution in [3.8, 4) is 0 Å². The van der Waals surface area contributed by atoms with E-state index in [1.807, 2.05) is 0 Å². The van der Waals surface area contributed by atoms with E-state index in [1.165, 1.54) is 24.1 Å². The number of nitrogens with one attached hydrogen (secondary N) is 1. The highest BCUT2D eigenvalue weighted by Crippen LogP contribution is 2.31. The van der Waals surface area contributed by atoms with Crippen LogP contribution in [0.4, 0.5) is 5.69 Å². The summed E-state index contributed by atoms with van der Waals surface area (Å²) in [5.74, 6) is -0.590. The second kappa shape index (κ2) is 11.9. The minimum absolute atomic E-state index is 0.0216. The molecule has 33 heavy (non-hydrogen) atoms. The van der Waals surface area contributed by atoms with Crippen LogP contribution in [0.3, 0.4) is 0 Å². The molecule has 0 fully saturated rings. The van der Waals surface area contributed by atoms with Crippen LogP contribution in [0.5, 0.6) is 0 Å². The molecule has 0 aliphatic rings. The van der Waals surface area contributed by atoms with Crippen molar-refractivity contribution in [3.05, 3.63) is 63.1 Å². The Bertz CT molecular complexity index is 1090. The van der Waals surface area contributed by atoms with E-state index in [1.54, 1.807) is 37.3 Å². The molecule has 0 aromatic heterocycles. The summed E-state index contributed by atoms with van der Waals surface area (Å²) in [6.45, 7) is 1.87. The Morgan fingerprint density at radius 2 is 1.64 bits per heavy atom. The summed E-state index contributed by atoms with van der Waals surface area (Å²) >= 11 is 18.1. The third kappa shape index (κ3) is 7.78. The average Bonchev–Trinajstić information content (AvgIpc) is 2.76. The number of amides is 2. The van der Waals surface area contributed by atoms with E-state index in [0.717, 1.165) is 16.1 Å². The molecule has 0 aliphatic heterocycles. The number of hydrogen-bond acceptors (Lipinski definition) is 4. The van der Waals surface area contributed by atoms with Crippen LogP contribution in [0.1, 0.15) is 25.3 Å². The van der Waals surface area contributed by atoms with Crippen molar-refractivity contribution < 1.29 is 18.0 Å². The van der Waals surface area contributed by atoms with E-state index >= 15 is 0 Å². The molecule has 2 aromatic carbocycles. The Hall–Kier alpha value is -2.00. The summed E-state index contributed by atoms with van der Waals surface area (Å²) in [6.07, 6.45) is 1.30. The van der Waals surface area contributed by atoms with Crippen LogP contribution in [-0.4, -0.2) is 51.0 Å². The molecule has 0 saturated carbocycles. The number of likely N-dealkylation sites (N-methyl/N-ethyl adjacent to an activating group) is 1. The van der Waals surface area contributed by atoms with Gasteiger partial charge in [0.2, 0.25) is 21.8 Å². The number of anilines is 1. The molecule has 0 spiro atoms. The highest BCUT2D eigenvalue weighted by molar-refractivity contribution is 7.92. The van der Waals surface area contributed by atoms with Gasteiger partial charge in [0.15, 0.2) is 0 Å². The lowest BCUT2D eigenvalue weighted by molar-refractivity contribution is -0.140. The van der Waals surface area contributed by atoms with Crippen molar-refractivity contribution in [2.24, 2.45) is 0 Å². The second-order valence-corrected chi connectivity index (χ2v) is 10.7. The summed E-state index contributed by atoms with van der Waals surface area (Å²) in [4.78, 5) is 26.8. The number of hydrogen-bond donors (Lipinski definition) is 1. The minimum atomic E-state index is -3.67. The van der Waals surface area contributed by atoms with Crippen LogP contribution in [0.2, 0.25) is 15.1 Å². The zero-order valence-corrected chi connectivity index (χ0v) is 21.6. The summed E-state index contributed by atoms with van der Waals surface area (Å²) in [7, 11) is -2.17. The van der Waals surface area contributed by atoms with Gasteiger partial charge in [0.1, 0.15) is 6.04 Å². The van der Waals surface area contributed by atoms with Crippen LogP contribution in [0.15, 0.2) is 42.5 Å². The molecule has 7 nitrogen and oxygen atoms in total. The summed E-state index contributed by atoms with van der Waals surface area (Å²) in [5, 5.41) is 3.69. The molecule has 180 valence electrons. The first-order valence-electron chi connectivity index (χ1n) is 10.1. The van der Waals surface area contributed by atoms with Crippen LogP contribution in [0.25, 0.3) is 0 Å². The fraction of sp³-hybridized carbons (Fsp3) is 0.364. The molecule has 0 bridgehead atoms. The SMILES string of the molecule is CNC(=O)[C@@H](C)N(Cc1ccc(Cl)cc1)C(=O)CCCN(c1cc(Cl)ccc1Cl)S(C)(=O)=O. The quantitative estimate of drug-likeness (QED) is 0.491. The Kier molecular flexibility index (Phi) is 9.84. The van der Waals surface area contributed by atoms with Crippen molar-refractivity contribution in [3.63, 3.8) is 0 Å². The van der Waals surface area contributed by atoms with Gasteiger partial charge in [-0.3, -0.25) is 13.9 Å². The smallest absolute Gasteiger partial charge is 0.242 e. The van der Waals surface area contributed by atoms with Crippen LogP contribution in [-0.2, 0) is 26.2 Å². The maximum atomic E-state index is 13.1. The van der Waals surface area contributed by atoms with Crippen molar-refractivity contribution in [1.82, 2.24) is 10.2 Å². The van der Waals surface area contributed by atoms with Gasteiger partial charge in [0, 0.05) is 36.6 Å². The second-order valence-electron chi connectivity index (χ2n) is 7.47.